The summed E-state index contributed by atoms with van der Waals surface area (Å²) in [5, 5.41) is 8.49. The number of nitrogens with zero attached hydrogens (tertiary/aromatic N) is 7. The molecule has 1 amide bonds. The van der Waals surface area contributed by atoms with E-state index in [9.17, 15) is 18.0 Å². The quantitative estimate of drug-likeness (QED) is 0.526. The number of halogens is 3. The number of aryl methyl sites for hydroxylation is 2. The van der Waals surface area contributed by atoms with Crippen molar-refractivity contribution in [3.05, 3.63) is 65.0 Å². The van der Waals surface area contributed by atoms with Crippen LogP contribution in [0.2, 0.25) is 0 Å². The van der Waals surface area contributed by atoms with E-state index in [0.29, 0.717) is 24.5 Å². The van der Waals surface area contributed by atoms with Crippen LogP contribution in [0.1, 0.15) is 45.1 Å². The van der Waals surface area contributed by atoms with E-state index in [0.717, 1.165) is 11.8 Å². The minimum absolute atomic E-state index is 0.0884. The molecule has 0 aromatic carbocycles. The Hall–Kier alpha value is -3.70. The number of pyridine rings is 1. The van der Waals surface area contributed by atoms with E-state index in [1.54, 1.807) is 14.0 Å². The zero-order chi connectivity index (χ0) is 21.9. The molecular formula is C19H17F3N8O. The Morgan fingerprint density at radius 2 is 2.10 bits per heavy atom. The van der Waals surface area contributed by atoms with Gasteiger partial charge >= 0.3 is 6.18 Å². The van der Waals surface area contributed by atoms with Crippen molar-refractivity contribution in [3.8, 4) is 0 Å². The van der Waals surface area contributed by atoms with E-state index in [2.05, 4.69) is 25.1 Å². The van der Waals surface area contributed by atoms with Gasteiger partial charge in [-0.05, 0) is 25.1 Å². The number of hydrogen-bond acceptors (Lipinski definition) is 5. The first-order chi connectivity index (χ1) is 14.7. The van der Waals surface area contributed by atoms with Gasteiger partial charge in [-0.3, -0.25) is 4.79 Å². The summed E-state index contributed by atoms with van der Waals surface area (Å²) in [6.45, 7) is 2.00. The van der Waals surface area contributed by atoms with Crippen molar-refractivity contribution in [2.45, 2.75) is 25.6 Å². The first kappa shape index (κ1) is 19.3. The van der Waals surface area contributed by atoms with Crippen LogP contribution in [0.4, 0.5) is 13.2 Å². The summed E-state index contributed by atoms with van der Waals surface area (Å²) in [7, 11) is 1.62. The summed E-state index contributed by atoms with van der Waals surface area (Å²) in [4.78, 5) is 26.5. The van der Waals surface area contributed by atoms with Crippen LogP contribution in [-0.2, 0) is 19.6 Å². The van der Waals surface area contributed by atoms with Gasteiger partial charge in [0.1, 0.15) is 11.9 Å². The zero-order valence-corrected chi connectivity index (χ0v) is 16.6. The van der Waals surface area contributed by atoms with Crippen LogP contribution in [0, 0.1) is 6.92 Å². The minimum Gasteiger partial charge on any atom is -0.348 e. The molecule has 0 fully saturated rings. The number of aromatic amines is 1. The standard InChI is InChI=1S/C19H17F3N8O/c1-10-25-17(28(2)26-10)18(31)29-7-5-12-15(24-9-23-12)16(29)13-8-14-11(19(20,21)22)4-3-6-30(14)27-13/h3-4,6,8-9,16H,5,7H2,1-2H3,(H,23,24). The second kappa shape index (κ2) is 6.65. The lowest BCUT2D eigenvalue weighted by atomic mass is 9.99. The Morgan fingerprint density at radius 3 is 2.81 bits per heavy atom. The molecule has 1 atom stereocenters. The van der Waals surface area contributed by atoms with Gasteiger partial charge in [-0.15, -0.1) is 0 Å². The van der Waals surface area contributed by atoms with Crippen molar-refractivity contribution < 1.29 is 18.0 Å². The van der Waals surface area contributed by atoms with Crippen molar-refractivity contribution in [3.63, 3.8) is 0 Å². The van der Waals surface area contributed by atoms with E-state index in [-0.39, 0.29) is 17.0 Å². The Bertz CT molecular complexity index is 1300. The normalized spacial score (nSPS) is 16.7. The lowest BCUT2D eigenvalue weighted by Crippen LogP contribution is -2.42. The maximum absolute atomic E-state index is 13.5. The molecule has 12 heteroatoms. The third kappa shape index (κ3) is 3.05. The van der Waals surface area contributed by atoms with E-state index >= 15 is 0 Å². The van der Waals surface area contributed by atoms with E-state index in [4.69, 9.17) is 0 Å². The summed E-state index contributed by atoms with van der Waals surface area (Å²) in [6, 6.07) is 2.89. The third-order valence-corrected chi connectivity index (χ3v) is 5.35. The number of carbonyl (C=O) groups excluding carboxylic acids is 1. The molecule has 9 nitrogen and oxygen atoms in total. The second-order valence-electron chi connectivity index (χ2n) is 7.34. The summed E-state index contributed by atoms with van der Waals surface area (Å²) < 4.78 is 43.0. The first-order valence-corrected chi connectivity index (χ1v) is 9.50. The van der Waals surface area contributed by atoms with Crippen LogP contribution >= 0.6 is 0 Å². The van der Waals surface area contributed by atoms with Crippen LogP contribution < -0.4 is 0 Å². The molecule has 0 radical (unpaired) electrons. The number of H-pyrrole nitrogens is 1. The smallest absolute Gasteiger partial charge is 0.348 e. The average Bonchev–Trinajstić information content (AvgIpc) is 3.42. The molecule has 1 aliphatic heterocycles. The number of carbonyl (C=O) groups is 1. The third-order valence-electron chi connectivity index (χ3n) is 5.35. The van der Waals surface area contributed by atoms with Gasteiger partial charge in [-0.25, -0.2) is 19.2 Å². The highest BCUT2D eigenvalue weighted by molar-refractivity contribution is 5.91. The van der Waals surface area contributed by atoms with Crippen LogP contribution in [0.3, 0.4) is 0 Å². The van der Waals surface area contributed by atoms with Crippen molar-refractivity contribution >= 4 is 11.4 Å². The van der Waals surface area contributed by atoms with Crippen molar-refractivity contribution in [2.75, 3.05) is 6.54 Å². The fourth-order valence-corrected chi connectivity index (χ4v) is 4.03. The SMILES string of the molecule is Cc1nc(C(=O)N2CCc3[nH]cnc3C2c2cc3c(C(F)(F)F)cccn3n2)n(C)n1. The number of alkyl halides is 3. The highest BCUT2D eigenvalue weighted by Gasteiger charge is 2.39. The van der Waals surface area contributed by atoms with Gasteiger partial charge in [0, 0.05) is 31.9 Å². The molecule has 0 bridgehead atoms. The van der Waals surface area contributed by atoms with E-state index in [1.807, 2.05) is 0 Å². The molecule has 5 heterocycles. The minimum atomic E-state index is -4.53. The molecular weight excluding hydrogens is 413 g/mol. The van der Waals surface area contributed by atoms with E-state index < -0.39 is 23.7 Å². The van der Waals surface area contributed by atoms with Crippen molar-refractivity contribution in [1.29, 1.82) is 0 Å². The Kier molecular flexibility index (Phi) is 4.14. The predicted octanol–water partition coefficient (Wildman–Crippen LogP) is 2.30. The predicted molar refractivity (Wildman–Crippen MR) is 101 cm³/mol. The number of nitrogens with one attached hydrogen (secondary N) is 1. The fraction of sp³-hybridized carbons (Fsp3) is 0.316. The van der Waals surface area contributed by atoms with Gasteiger partial charge < -0.3 is 9.88 Å². The summed E-state index contributed by atoms with van der Waals surface area (Å²) >= 11 is 0. The molecule has 5 rings (SSSR count). The Labute approximate surface area is 173 Å². The lowest BCUT2D eigenvalue weighted by Gasteiger charge is -2.33. The van der Waals surface area contributed by atoms with Gasteiger partial charge in [0.25, 0.3) is 5.91 Å². The van der Waals surface area contributed by atoms with E-state index in [1.165, 1.54) is 38.8 Å². The number of fused-ring (bicyclic) bond motifs is 2. The van der Waals surface area contributed by atoms with Crippen LogP contribution in [-0.4, -0.2) is 51.7 Å². The van der Waals surface area contributed by atoms with Gasteiger partial charge in [0.05, 0.1) is 28.8 Å². The van der Waals surface area contributed by atoms with Crippen LogP contribution in [0.25, 0.3) is 5.52 Å². The largest absolute Gasteiger partial charge is 0.418 e. The molecule has 1 N–H and O–H groups in total. The van der Waals surface area contributed by atoms with Gasteiger partial charge in [0.15, 0.2) is 0 Å². The maximum atomic E-state index is 13.5. The summed E-state index contributed by atoms with van der Waals surface area (Å²) in [6.07, 6.45) is -1.05. The van der Waals surface area contributed by atoms with Crippen LogP contribution in [0.5, 0.6) is 0 Å². The monoisotopic (exact) mass is 430 g/mol. The lowest BCUT2D eigenvalue weighted by molar-refractivity contribution is -0.136. The molecule has 0 saturated heterocycles. The molecule has 160 valence electrons. The number of imidazole rings is 1. The fourth-order valence-electron chi connectivity index (χ4n) is 4.03. The topological polar surface area (TPSA) is 97.0 Å². The zero-order valence-electron chi connectivity index (χ0n) is 16.6. The molecule has 4 aromatic heterocycles. The molecule has 0 spiro atoms. The summed E-state index contributed by atoms with van der Waals surface area (Å²) in [5.74, 6) is 0.193. The molecule has 0 aliphatic carbocycles. The molecule has 31 heavy (non-hydrogen) atoms. The van der Waals surface area contributed by atoms with Crippen LogP contribution in [0.15, 0.2) is 30.7 Å². The molecule has 4 aromatic rings. The molecule has 1 aliphatic rings. The summed E-state index contributed by atoms with van der Waals surface area (Å²) in [5.41, 5.74) is 0.770. The number of amides is 1. The Balaban J connectivity index is 1.66. The highest BCUT2D eigenvalue weighted by atomic mass is 19.4. The van der Waals surface area contributed by atoms with Gasteiger partial charge in [-0.1, -0.05) is 0 Å². The molecule has 0 saturated carbocycles. The second-order valence-corrected chi connectivity index (χ2v) is 7.34. The number of rotatable bonds is 2. The van der Waals surface area contributed by atoms with Crippen molar-refractivity contribution in [2.24, 2.45) is 7.05 Å². The van der Waals surface area contributed by atoms with Gasteiger partial charge in [-0.2, -0.15) is 23.4 Å². The number of aromatic nitrogens is 7. The Morgan fingerprint density at radius 1 is 1.29 bits per heavy atom. The number of hydrogen-bond donors (Lipinski definition) is 1. The maximum Gasteiger partial charge on any atom is 0.418 e. The van der Waals surface area contributed by atoms with Gasteiger partial charge in [0.2, 0.25) is 5.82 Å². The molecule has 1 unspecified atom stereocenters. The van der Waals surface area contributed by atoms with Crippen molar-refractivity contribution in [1.82, 2.24) is 39.2 Å². The highest BCUT2D eigenvalue weighted by Crippen LogP contribution is 2.37. The first-order valence-electron chi connectivity index (χ1n) is 9.50. The average molecular weight is 430 g/mol.